The van der Waals surface area contributed by atoms with Gasteiger partial charge < -0.3 is 14.2 Å². The van der Waals surface area contributed by atoms with Gasteiger partial charge in [-0.2, -0.15) is 0 Å². The summed E-state index contributed by atoms with van der Waals surface area (Å²) in [4.78, 5) is 0. The Morgan fingerprint density at radius 2 is 1.60 bits per heavy atom. The van der Waals surface area contributed by atoms with Crippen molar-refractivity contribution in [3.05, 3.63) is 77.9 Å². The highest BCUT2D eigenvalue weighted by Crippen LogP contribution is 2.30. The molecule has 3 aromatic rings. The van der Waals surface area contributed by atoms with Crippen LogP contribution in [0.2, 0.25) is 0 Å². The number of aryl methyl sites for hydroxylation is 1. The Morgan fingerprint density at radius 1 is 0.933 bits per heavy atom. The Balaban J connectivity index is 1.43. The number of epoxide rings is 1. The summed E-state index contributed by atoms with van der Waals surface area (Å²) in [6, 6.07) is 23.9. The van der Waals surface area contributed by atoms with E-state index in [1.807, 2.05) is 12.1 Å². The molecule has 0 saturated carbocycles. The summed E-state index contributed by atoms with van der Waals surface area (Å²) in [5.74, 6) is 1.53. The van der Waals surface area contributed by atoms with Crippen LogP contribution in [0.4, 0.5) is 0 Å². The van der Waals surface area contributed by atoms with Gasteiger partial charge in [-0.1, -0.05) is 74.9 Å². The topological polar surface area (TPSA) is 31.0 Å². The molecule has 0 bridgehead atoms. The van der Waals surface area contributed by atoms with Gasteiger partial charge in [0.05, 0.1) is 0 Å². The first kappa shape index (κ1) is 20.6. The number of rotatable bonds is 9. The normalized spacial score (nSPS) is 16.3. The maximum Gasteiger partial charge on any atom is 0.192 e. The van der Waals surface area contributed by atoms with Crippen LogP contribution in [-0.4, -0.2) is 19.7 Å². The molecule has 3 heteroatoms. The van der Waals surface area contributed by atoms with Gasteiger partial charge in [-0.3, -0.25) is 0 Å². The van der Waals surface area contributed by atoms with Gasteiger partial charge in [0.25, 0.3) is 0 Å². The molecule has 0 N–H and O–H groups in total. The molecule has 0 aromatic heterocycles. The first-order valence-corrected chi connectivity index (χ1v) is 10.8. The Morgan fingerprint density at radius 3 is 2.23 bits per heavy atom. The molecule has 2 atom stereocenters. The lowest BCUT2D eigenvalue weighted by atomic mass is 9.94. The third-order valence-corrected chi connectivity index (χ3v) is 5.74. The van der Waals surface area contributed by atoms with E-state index in [2.05, 4.69) is 75.4 Å². The zero-order valence-electron chi connectivity index (χ0n) is 18.1. The smallest absolute Gasteiger partial charge is 0.192 e. The second-order valence-electron chi connectivity index (χ2n) is 8.16. The first-order valence-electron chi connectivity index (χ1n) is 10.8. The van der Waals surface area contributed by atoms with Gasteiger partial charge in [-0.05, 0) is 64.8 Å². The van der Waals surface area contributed by atoms with Gasteiger partial charge in [-0.15, -0.1) is 0 Å². The molecule has 1 saturated heterocycles. The van der Waals surface area contributed by atoms with Crippen molar-refractivity contribution in [1.29, 1.82) is 0 Å². The summed E-state index contributed by atoms with van der Waals surface area (Å²) in [5.41, 5.74) is 7.62. The Labute approximate surface area is 179 Å². The van der Waals surface area contributed by atoms with Crippen molar-refractivity contribution in [2.24, 2.45) is 5.92 Å². The van der Waals surface area contributed by atoms with E-state index in [9.17, 15) is 0 Å². The quantitative estimate of drug-likeness (QED) is 0.297. The van der Waals surface area contributed by atoms with Crippen LogP contribution in [0.25, 0.3) is 22.3 Å². The van der Waals surface area contributed by atoms with Gasteiger partial charge in [-0.25, -0.2) is 0 Å². The van der Waals surface area contributed by atoms with Crippen LogP contribution in [-0.2, 0) is 15.9 Å². The van der Waals surface area contributed by atoms with Crippen molar-refractivity contribution in [2.75, 3.05) is 13.4 Å². The molecule has 1 heterocycles. The van der Waals surface area contributed by atoms with Crippen molar-refractivity contribution >= 4 is 0 Å². The van der Waals surface area contributed by atoms with Crippen molar-refractivity contribution in [3.63, 3.8) is 0 Å². The van der Waals surface area contributed by atoms with Crippen LogP contribution in [0.5, 0.6) is 5.75 Å². The van der Waals surface area contributed by atoms with Crippen molar-refractivity contribution in [1.82, 2.24) is 0 Å². The maximum absolute atomic E-state index is 5.59. The fourth-order valence-electron chi connectivity index (χ4n) is 3.59. The van der Waals surface area contributed by atoms with Crippen LogP contribution in [0.3, 0.4) is 0 Å². The summed E-state index contributed by atoms with van der Waals surface area (Å²) in [5, 5.41) is 0. The number of hydrogen-bond donors (Lipinski definition) is 0. The average molecular weight is 403 g/mol. The molecule has 30 heavy (non-hydrogen) atoms. The number of hydrogen-bond acceptors (Lipinski definition) is 3. The highest BCUT2D eigenvalue weighted by Gasteiger charge is 2.23. The molecule has 1 aliphatic rings. The van der Waals surface area contributed by atoms with Gasteiger partial charge in [0.2, 0.25) is 0 Å². The summed E-state index contributed by atoms with van der Waals surface area (Å²) in [7, 11) is 0. The molecule has 3 nitrogen and oxygen atoms in total. The molecule has 1 aliphatic heterocycles. The Bertz CT molecular complexity index is 956. The molecule has 0 aliphatic carbocycles. The molecular weight excluding hydrogens is 372 g/mol. The maximum atomic E-state index is 5.59. The van der Waals surface area contributed by atoms with Crippen LogP contribution < -0.4 is 4.74 Å². The van der Waals surface area contributed by atoms with Gasteiger partial charge in [0, 0.05) is 0 Å². The van der Waals surface area contributed by atoms with Crippen LogP contribution in [0, 0.1) is 12.8 Å². The van der Waals surface area contributed by atoms with E-state index in [1.54, 1.807) is 0 Å². The number of ether oxygens (including phenoxy) is 3. The Kier molecular flexibility index (Phi) is 6.51. The third kappa shape index (κ3) is 5.29. The monoisotopic (exact) mass is 402 g/mol. The lowest BCUT2D eigenvalue weighted by molar-refractivity contribution is -0.0340. The van der Waals surface area contributed by atoms with E-state index in [0.29, 0.717) is 6.61 Å². The molecule has 0 amide bonds. The molecule has 1 fully saturated rings. The van der Waals surface area contributed by atoms with Crippen molar-refractivity contribution in [3.8, 4) is 28.0 Å². The third-order valence-electron chi connectivity index (χ3n) is 5.74. The van der Waals surface area contributed by atoms with Crippen molar-refractivity contribution in [2.45, 2.75) is 39.9 Å². The van der Waals surface area contributed by atoms with Gasteiger partial charge >= 0.3 is 0 Å². The highest BCUT2D eigenvalue weighted by molar-refractivity contribution is 5.74. The predicted octanol–water partition coefficient (Wildman–Crippen LogP) is 6.63. The summed E-state index contributed by atoms with van der Waals surface area (Å²) >= 11 is 0. The molecule has 3 aromatic carbocycles. The van der Waals surface area contributed by atoms with Gasteiger partial charge in [0.1, 0.15) is 12.4 Å². The van der Waals surface area contributed by atoms with E-state index in [0.717, 1.165) is 18.1 Å². The zero-order valence-corrected chi connectivity index (χ0v) is 18.1. The SMILES string of the molecule is CCC(C)Cc1ccc(-c2ccc(-c3ccc(OCOC4CO4)cc3)c(C)c2)cc1. The summed E-state index contributed by atoms with van der Waals surface area (Å²) < 4.78 is 15.9. The molecule has 2 unspecified atom stereocenters. The molecule has 0 spiro atoms. The average Bonchev–Trinajstić information content (AvgIpc) is 3.59. The second kappa shape index (κ2) is 9.46. The standard InChI is InChI=1S/C27H30O3/c1-4-19(2)15-21-5-7-22(8-6-21)24-11-14-26(20(3)16-24)23-9-12-25(13-10-23)29-18-30-27-17-28-27/h5-14,16,19,27H,4,15,17-18H2,1-3H3. The fraction of sp³-hybridized carbons (Fsp3) is 0.333. The zero-order chi connectivity index (χ0) is 20.9. The Hall–Kier alpha value is -2.62. The van der Waals surface area contributed by atoms with Crippen LogP contribution in [0.15, 0.2) is 66.7 Å². The molecule has 156 valence electrons. The van der Waals surface area contributed by atoms with Gasteiger partial charge in [0.15, 0.2) is 13.1 Å². The van der Waals surface area contributed by atoms with E-state index in [1.165, 1.54) is 39.8 Å². The molecular formula is C27H30O3. The summed E-state index contributed by atoms with van der Waals surface area (Å²) in [6.45, 7) is 7.62. The minimum absolute atomic E-state index is 0.0819. The minimum Gasteiger partial charge on any atom is -0.467 e. The van der Waals surface area contributed by atoms with E-state index in [-0.39, 0.29) is 13.1 Å². The fourth-order valence-corrected chi connectivity index (χ4v) is 3.59. The minimum atomic E-state index is -0.0819. The lowest BCUT2D eigenvalue weighted by Gasteiger charge is -2.12. The lowest BCUT2D eigenvalue weighted by Crippen LogP contribution is -2.04. The highest BCUT2D eigenvalue weighted by atomic mass is 16.8. The van der Waals surface area contributed by atoms with Crippen LogP contribution in [0.1, 0.15) is 31.4 Å². The van der Waals surface area contributed by atoms with E-state index in [4.69, 9.17) is 14.2 Å². The largest absolute Gasteiger partial charge is 0.467 e. The van der Waals surface area contributed by atoms with E-state index < -0.39 is 0 Å². The van der Waals surface area contributed by atoms with Crippen LogP contribution >= 0.6 is 0 Å². The van der Waals surface area contributed by atoms with E-state index >= 15 is 0 Å². The molecule has 4 rings (SSSR count). The predicted molar refractivity (Wildman–Crippen MR) is 122 cm³/mol. The summed E-state index contributed by atoms with van der Waals surface area (Å²) in [6.07, 6.45) is 2.29. The first-order chi connectivity index (χ1) is 14.6. The second-order valence-corrected chi connectivity index (χ2v) is 8.16. The van der Waals surface area contributed by atoms with Crippen molar-refractivity contribution < 1.29 is 14.2 Å². The molecule has 0 radical (unpaired) electrons. The number of benzene rings is 3.